The predicted octanol–water partition coefficient (Wildman–Crippen LogP) is 3.95. The van der Waals surface area contributed by atoms with Crippen LogP contribution < -0.4 is 0 Å². The molecule has 0 amide bonds. The van der Waals surface area contributed by atoms with Crippen LogP contribution in [0.2, 0.25) is 0 Å². The minimum absolute atomic E-state index is 1.08. The number of hydrogen-bond donors (Lipinski definition) is 0. The summed E-state index contributed by atoms with van der Waals surface area (Å²) in [5, 5.41) is 0. The van der Waals surface area contributed by atoms with Crippen molar-refractivity contribution in [1.29, 1.82) is 0 Å². The van der Waals surface area contributed by atoms with Gasteiger partial charge in [0.25, 0.3) is 0 Å². The van der Waals surface area contributed by atoms with E-state index in [1.165, 1.54) is 17.7 Å². The van der Waals surface area contributed by atoms with Gasteiger partial charge in [0.05, 0.1) is 0 Å². The quantitative estimate of drug-likeness (QED) is 0.550. The average Bonchev–Trinajstić information content (AvgIpc) is 2.11. The molecular weight excluding hydrogens is 146 g/mol. The fraction of sp³-hybridized carbons (Fsp3) is 0.727. The fourth-order valence-corrected chi connectivity index (χ4v) is 0.914. The third kappa shape index (κ3) is 5.11. The standard InChI is InChI=1S/C11H21N/c1-5-8-11(7-3)12-9-10(4)6-2/h9H,5-8H2,1-4H3/b10-9+,12-11?. The van der Waals surface area contributed by atoms with Gasteiger partial charge in [-0.3, -0.25) is 4.99 Å². The van der Waals surface area contributed by atoms with Crippen LogP contribution in [0.1, 0.15) is 53.4 Å². The highest BCUT2D eigenvalue weighted by Crippen LogP contribution is 2.02. The van der Waals surface area contributed by atoms with E-state index in [0.717, 1.165) is 19.3 Å². The minimum Gasteiger partial charge on any atom is -0.266 e. The van der Waals surface area contributed by atoms with E-state index in [2.05, 4.69) is 32.7 Å². The largest absolute Gasteiger partial charge is 0.266 e. The Morgan fingerprint density at radius 1 is 1.17 bits per heavy atom. The van der Waals surface area contributed by atoms with E-state index in [1.54, 1.807) is 0 Å². The van der Waals surface area contributed by atoms with Crippen LogP contribution in [-0.2, 0) is 0 Å². The molecule has 0 saturated carbocycles. The fourth-order valence-electron chi connectivity index (χ4n) is 0.914. The molecule has 0 heterocycles. The molecule has 12 heavy (non-hydrogen) atoms. The van der Waals surface area contributed by atoms with Gasteiger partial charge < -0.3 is 0 Å². The zero-order chi connectivity index (χ0) is 9.40. The van der Waals surface area contributed by atoms with Crippen LogP contribution in [-0.4, -0.2) is 5.71 Å². The van der Waals surface area contributed by atoms with E-state index in [0.29, 0.717) is 0 Å². The molecule has 0 aromatic rings. The van der Waals surface area contributed by atoms with E-state index in [1.807, 2.05) is 6.20 Å². The van der Waals surface area contributed by atoms with E-state index < -0.39 is 0 Å². The van der Waals surface area contributed by atoms with Crippen molar-refractivity contribution in [2.75, 3.05) is 0 Å². The summed E-state index contributed by atoms with van der Waals surface area (Å²) in [5.74, 6) is 0. The third-order valence-electron chi connectivity index (χ3n) is 1.97. The first-order valence-corrected chi connectivity index (χ1v) is 4.95. The van der Waals surface area contributed by atoms with E-state index in [4.69, 9.17) is 0 Å². The molecule has 0 radical (unpaired) electrons. The molecule has 0 unspecified atom stereocenters. The number of rotatable bonds is 5. The van der Waals surface area contributed by atoms with Gasteiger partial charge in [0.15, 0.2) is 0 Å². The topological polar surface area (TPSA) is 12.4 Å². The molecule has 70 valence electrons. The molecule has 0 atom stereocenters. The summed E-state index contributed by atoms with van der Waals surface area (Å²) in [7, 11) is 0. The Labute approximate surface area is 76.6 Å². The first-order valence-electron chi connectivity index (χ1n) is 4.95. The van der Waals surface area contributed by atoms with Gasteiger partial charge in [-0.25, -0.2) is 0 Å². The smallest absolute Gasteiger partial charge is 0.0256 e. The van der Waals surface area contributed by atoms with Crippen molar-refractivity contribution in [1.82, 2.24) is 0 Å². The molecule has 0 aliphatic heterocycles. The average molecular weight is 167 g/mol. The maximum Gasteiger partial charge on any atom is 0.0256 e. The van der Waals surface area contributed by atoms with Crippen molar-refractivity contribution in [3.8, 4) is 0 Å². The Morgan fingerprint density at radius 2 is 1.83 bits per heavy atom. The molecule has 0 spiro atoms. The highest BCUT2D eigenvalue weighted by Gasteiger charge is 1.91. The van der Waals surface area contributed by atoms with Gasteiger partial charge in [-0.1, -0.05) is 32.8 Å². The monoisotopic (exact) mass is 167 g/mol. The van der Waals surface area contributed by atoms with Crippen molar-refractivity contribution in [2.45, 2.75) is 53.4 Å². The summed E-state index contributed by atoms with van der Waals surface area (Å²) < 4.78 is 0. The lowest BCUT2D eigenvalue weighted by Crippen LogP contribution is -1.93. The maximum absolute atomic E-state index is 4.46. The Kier molecular flexibility index (Phi) is 6.73. The number of nitrogens with zero attached hydrogens (tertiary/aromatic N) is 1. The Balaban J connectivity index is 4.09. The molecule has 0 aromatic carbocycles. The van der Waals surface area contributed by atoms with Crippen LogP contribution in [0.5, 0.6) is 0 Å². The molecular formula is C11H21N. The molecule has 0 fully saturated rings. The third-order valence-corrected chi connectivity index (χ3v) is 1.97. The van der Waals surface area contributed by atoms with Gasteiger partial charge in [-0.2, -0.15) is 0 Å². The van der Waals surface area contributed by atoms with Crippen LogP contribution in [0.3, 0.4) is 0 Å². The van der Waals surface area contributed by atoms with Crippen LogP contribution in [0, 0.1) is 0 Å². The zero-order valence-corrected chi connectivity index (χ0v) is 8.85. The number of allylic oxidation sites excluding steroid dienone is 1. The van der Waals surface area contributed by atoms with Gasteiger partial charge in [0.1, 0.15) is 0 Å². The van der Waals surface area contributed by atoms with Crippen molar-refractivity contribution < 1.29 is 0 Å². The highest BCUT2D eigenvalue weighted by atomic mass is 14.7. The second-order valence-electron chi connectivity index (χ2n) is 3.13. The van der Waals surface area contributed by atoms with Gasteiger partial charge in [0, 0.05) is 11.9 Å². The molecule has 0 rings (SSSR count). The number of aliphatic imine (C=N–C) groups is 1. The maximum atomic E-state index is 4.46. The molecule has 0 bridgehead atoms. The summed E-state index contributed by atoms with van der Waals surface area (Å²) in [4.78, 5) is 4.46. The highest BCUT2D eigenvalue weighted by molar-refractivity contribution is 5.84. The van der Waals surface area contributed by atoms with E-state index >= 15 is 0 Å². The van der Waals surface area contributed by atoms with Crippen molar-refractivity contribution >= 4 is 5.71 Å². The molecule has 1 heteroatoms. The van der Waals surface area contributed by atoms with E-state index in [9.17, 15) is 0 Å². The van der Waals surface area contributed by atoms with Crippen LogP contribution in [0.4, 0.5) is 0 Å². The lowest BCUT2D eigenvalue weighted by molar-refractivity contribution is 0.963. The minimum atomic E-state index is 1.08. The molecule has 0 aliphatic rings. The van der Waals surface area contributed by atoms with Gasteiger partial charge in [0.2, 0.25) is 0 Å². The molecule has 0 aliphatic carbocycles. The van der Waals surface area contributed by atoms with Crippen molar-refractivity contribution in [3.63, 3.8) is 0 Å². The van der Waals surface area contributed by atoms with Gasteiger partial charge >= 0.3 is 0 Å². The van der Waals surface area contributed by atoms with E-state index in [-0.39, 0.29) is 0 Å². The molecule has 0 N–H and O–H groups in total. The second kappa shape index (κ2) is 7.08. The van der Waals surface area contributed by atoms with Gasteiger partial charge in [-0.15, -0.1) is 0 Å². The summed E-state index contributed by atoms with van der Waals surface area (Å²) in [5.41, 5.74) is 2.68. The van der Waals surface area contributed by atoms with Crippen LogP contribution in [0.15, 0.2) is 16.8 Å². The Hall–Kier alpha value is -0.590. The normalized spacial score (nSPS) is 13.7. The Bertz CT molecular complexity index is 166. The lowest BCUT2D eigenvalue weighted by atomic mass is 10.2. The first kappa shape index (κ1) is 11.4. The lowest BCUT2D eigenvalue weighted by Gasteiger charge is -1.98. The second-order valence-corrected chi connectivity index (χ2v) is 3.13. The predicted molar refractivity (Wildman–Crippen MR) is 56.7 cm³/mol. The zero-order valence-electron chi connectivity index (χ0n) is 8.85. The molecule has 0 saturated heterocycles. The summed E-state index contributed by atoms with van der Waals surface area (Å²) in [6, 6.07) is 0. The SMILES string of the molecule is CCCC(CC)=N/C=C(\C)CC. The van der Waals surface area contributed by atoms with Gasteiger partial charge in [-0.05, 0) is 26.2 Å². The molecule has 1 nitrogen and oxygen atoms in total. The summed E-state index contributed by atoms with van der Waals surface area (Å²) in [6.45, 7) is 8.65. The van der Waals surface area contributed by atoms with Crippen LogP contribution in [0.25, 0.3) is 0 Å². The molecule has 0 aromatic heterocycles. The van der Waals surface area contributed by atoms with Crippen LogP contribution >= 0.6 is 0 Å². The summed E-state index contributed by atoms with van der Waals surface area (Å²) >= 11 is 0. The number of hydrogen-bond acceptors (Lipinski definition) is 1. The van der Waals surface area contributed by atoms with Crippen molar-refractivity contribution in [2.24, 2.45) is 4.99 Å². The Morgan fingerprint density at radius 3 is 2.25 bits per heavy atom. The summed E-state index contributed by atoms with van der Waals surface area (Å²) in [6.07, 6.45) is 6.54. The van der Waals surface area contributed by atoms with Crippen molar-refractivity contribution in [3.05, 3.63) is 11.8 Å². The first-order chi connectivity index (χ1) is 5.74.